The van der Waals surface area contributed by atoms with E-state index in [0.29, 0.717) is 0 Å². The molecule has 6 N–H and O–H groups in total. The van der Waals surface area contributed by atoms with Gasteiger partial charge in [-0.3, -0.25) is 0 Å². The molecule has 0 unspecified atom stereocenters. The molecule has 0 spiro atoms. The van der Waals surface area contributed by atoms with Crippen LogP contribution >= 0.6 is 0 Å². The van der Waals surface area contributed by atoms with Crippen LogP contribution in [-0.2, 0) is 25.8 Å². The molecule has 17 heavy (non-hydrogen) atoms. The van der Waals surface area contributed by atoms with Gasteiger partial charge in [0.2, 0.25) is 0 Å². The second-order valence-corrected chi connectivity index (χ2v) is 2.68. The number of rotatable bonds is 1. The van der Waals surface area contributed by atoms with E-state index in [-0.39, 0.29) is 70.7 Å². The van der Waals surface area contributed by atoms with Gasteiger partial charge < -0.3 is 80.5 Å². The molecule has 110 valence electrons. The molecule has 0 aliphatic carbocycles. The first-order valence-electron chi connectivity index (χ1n) is 3.53. The molecule has 1 saturated heterocycles. The predicted molar refractivity (Wildman–Crippen MR) is 37.1 cm³/mol. The molecule has 0 bridgehead atoms. The maximum Gasteiger partial charge on any atom is 4.00 e. The third-order valence-electron chi connectivity index (χ3n) is 1.84. The number of aliphatic hydroxyl groups excluding tert-OH is 4. The van der Waals surface area contributed by atoms with Crippen molar-refractivity contribution in [3.8, 4) is 0 Å². The van der Waals surface area contributed by atoms with E-state index in [1.165, 1.54) is 0 Å². The van der Waals surface area contributed by atoms with Crippen LogP contribution in [0.1, 0.15) is 0 Å². The summed E-state index contributed by atoms with van der Waals surface area (Å²) in [5.74, 6) is 0. The van der Waals surface area contributed by atoms with Crippen molar-refractivity contribution in [2.24, 2.45) is 5.73 Å². The number of aliphatic hydroxyl groups is 4. The van der Waals surface area contributed by atoms with Crippen LogP contribution in [-0.4, -0.2) is 51.4 Å². The van der Waals surface area contributed by atoms with Crippen LogP contribution in [0.25, 0.3) is 0 Å². The van der Waals surface area contributed by atoms with E-state index in [0.717, 1.165) is 0 Å². The Morgan fingerprint density at radius 1 is 1.06 bits per heavy atom. The van der Waals surface area contributed by atoms with Gasteiger partial charge in [-0.05, 0) is 6.04 Å². The third kappa shape index (κ3) is 7.70. The van der Waals surface area contributed by atoms with E-state index >= 15 is 0 Å². The van der Waals surface area contributed by atoms with Gasteiger partial charge >= 0.3 is 21.1 Å². The normalized spacial score (nSPS) is 31.6. The predicted octanol–water partition coefficient (Wildman–Crippen LogP) is -14.7. The van der Waals surface area contributed by atoms with Crippen LogP contribution in [0.2, 0.25) is 0 Å². The summed E-state index contributed by atoms with van der Waals surface area (Å²) in [4.78, 5) is 0. The van der Waals surface area contributed by atoms with Gasteiger partial charge in [-0.2, -0.15) is 0 Å². The fourth-order valence-corrected chi connectivity index (χ4v) is 1.03. The summed E-state index contributed by atoms with van der Waals surface area (Å²) in [6.45, 7) is -0.491. The second-order valence-electron chi connectivity index (χ2n) is 2.68. The SMILES string of the molecule is N[C@H]1[C-](O)O[C@H](CO)[C@@H](O)[C@@H]1O.[Cl-].[Cl-].[Cl-].[Cl-].[Pt+4]. The monoisotopic (exact) mass is 513 g/mol. The molecule has 0 aromatic heterocycles. The fraction of sp³-hybridized carbons (Fsp3) is 0.833. The summed E-state index contributed by atoms with van der Waals surface area (Å²) in [5, 5.41) is 35.9. The summed E-state index contributed by atoms with van der Waals surface area (Å²) < 4.78 is 4.62. The molecule has 0 amide bonds. The Morgan fingerprint density at radius 3 is 1.82 bits per heavy atom. The Bertz CT molecular complexity index is 169. The van der Waals surface area contributed by atoms with Gasteiger partial charge in [0.05, 0.1) is 18.8 Å². The van der Waals surface area contributed by atoms with Crippen LogP contribution in [0.4, 0.5) is 0 Å². The van der Waals surface area contributed by atoms with Crippen molar-refractivity contribution in [3.05, 3.63) is 6.29 Å². The standard InChI is InChI=1S/C6H12NO5.4ClH.Pt/c7-3-5(10)4(9)2(1-8)12-6(3)11;;;;;/h2-5,8-11H,1,7H2;4*1H;/q-1;;;;;+4/p-4/t2-,3-,4-,5-;;;;;/m1...../s1. The van der Waals surface area contributed by atoms with Gasteiger partial charge in [0.1, 0.15) is 6.10 Å². The molecular weight excluding hydrogens is 503 g/mol. The number of hydrogen-bond acceptors (Lipinski definition) is 6. The molecule has 0 aromatic rings. The van der Waals surface area contributed by atoms with E-state index < -0.39 is 37.3 Å². The molecular formula is C6H12Cl4NO5Pt-. The zero-order valence-corrected chi connectivity index (χ0v) is 13.4. The molecule has 1 aliphatic rings. The van der Waals surface area contributed by atoms with Crippen LogP contribution in [0, 0.1) is 6.29 Å². The Morgan fingerprint density at radius 2 is 1.47 bits per heavy atom. The van der Waals surface area contributed by atoms with Crippen molar-refractivity contribution in [2.45, 2.75) is 24.4 Å². The Balaban J connectivity index is -0.0000000960. The van der Waals surface area contributed by atoms with E-state index in [9.17, 15) is 10.2 Å². The van der Waals surface area contributed by atoms with Gasteiger partial charge in [-0.15, -0.1) is 0 Å². The Hall–Kier alpha value is 1.61. The quantitative estimate of drug-likeness (QED) is 0.222. The Kier molecular flexibility index (Phi) is 25.7. The fourth-order valence-electron chi connectivity index (χ4n) is 1.03. The van der Waals surface area contributed by atoms with E-state index in [4.69, 9.17) is 15.9 Å². The average Bonchev–Trinajstić information content (AvgIpc) is 2.08. The summed E-state index contributed by atoms with van der Waals surface area (Å²) >= 11 is 0. The third-order valence-corrected chi connectivity index (χ3v) is 1.84. The molecule has 1 rings (SSSR count). The van der Waals surface area contributed by atoms with Gasteiger partial charge in [0.25, 0.3) is 0 Å². The minimum absolute atomic E-state index is 0. The zero-order chi connectivity index (χ0) is 9.30. The first-order chi connectivity index (χ1) is 5.57. The summed E-state index contributed by atoms with van der Waals surface area (Å²) in [6.07, 6.45) is -4.16. The second kappa shape index (κ2) is 14.0. The van der Waals surface area contributed by atoms with Crippen molar-refractivity contribution < 1.29 is 95.9 Å². The Labute approximate surface area is 138 Å². The van der Waals surface area contributed by atoms with Gasteiger partial charge in [0, 0.05) is 0 Å². The average molecular weight is 515 g/mol. The molecule has 4 atom stereocenters. The molecule has 6 nitrogen and oxygen atoms in total. The molecule has 0 radical (unpaired) electrons. The van der Waals surface area contributed by atoms with Crippen LogP contribution < -0.4 is 55.4 Å². The van der Waals surface area contributed by atoms with Crippen LogP contribution in [0.5, 0.6) is 0 Å². The number of ether oxygens (including phenoxy) is 1. The number of halogens is 4. The molecule has 1 heterocycles. The molecule has 0 saturated carbocycles. The first-order valence-corrected chi connectivity index (χ1v) is 3.53. The van der Waals surface area contributed by atoms with Crippen molar-refractivity contribution in [3.63, 3.8) is 0 Å². The molecule has 1 fully saturated rings. The summed E-state index contributed by atoms with van der Waals surface area (Å²) in [6, 6.07) is -1.12. The maximum absolute atomic E-state index is 9.19. The smallest absolute Gasteiger partial charge is 1.00 e. The van der Waals surface area contributed by atoms with Crippen molar-refractivity contribution in [1.82, 2.24) is 0 Å². The minimum atomic E-state index is -1.31. The summed E-state index contributed by atoms with van der Waals surface area (Å²) in [7, 11) is 0. The van der Waals surface area contributed by atoms with Gasteiger partial charge in [-0.25, -0.2) is 0 Å². The topological polar surface area (TPSA) is 116 Å². The van der Waals surface area contributed by atoms with Crippen molar-refractivity contribution >= 4 is 0 Å². The first kappa shape index (κ1) is 31.2. The van der Waals surface area contributed by atoms with Gasteiger partial charge in [-0.1, -0.05) is 6.29 Å². The van der Waals surface area contributed by atoms with Crippen molar-refractivity contribution in [2.75, 3.05) is 6.61 Å². The van der Waals surface area contributed by atoms with Gasteiger partial charge in [0.15, 0.2) is 0 Å². The van der Waals surface area contributed by atoms with Crippen molar-refractivity contribution in [1.29, 1.82) is 0 Å². The van der Waals surface area contributed by atoms with E-state index in [2.05, 4.69) is 4.74 Å². The molecule has 0 aromatic carbocycles. The molecule has 11 heteroatoms. The molecule has 1 aliphatic heterocycles. The van der Waals surface area contributed by atoms with E-state index in [1.54, 1.807) is 0 Å². The minimum Gasteiger partial charge on any atom is -1.00 e. The van der Waals surface area contributed by atoms with Crippen LogP contribution in [0.15, 0.2) is 0 Å². The number of nitrogens with two attached hydrogens (primary N) is 1. The number of hydrogen-bond donors (Lipinski definition) is 5. The van der Waals surface area contributed by atoms with E-state index in [1.807, 2.05) is 0 Å². The largest absolute Gasteiger partial charge is 4.00 e. The van der Waals surface area contributed by atoms with Crippen LogP contribution in [0.3, 0.4) is 0 Å². The zero-order valence-electron chi connectivity index (χ0n) is 8.12. The summed E-state index contributed by atoms with van der Waals surface area (Å²) in [5.41, 5.74) is 5.23. The maximum atomic E-state index is 9.19.